The fraction of sp³-hybridized carbons (Fsp3) is 0.364. The third-order valence-electron chi connectivity index (χ3n) is 2.01. The van der Waals surface area contributed by atoms with Crippen molar-refractivity contribution in [2.75, 3.05) is 18.0 Å². The van der Waals surface area contributed by atoms with Crippen molar-refractivity contribution in [3.8, 4) is 0 Å². The van der Waals surface area contributed by atoms with Crippen molar-refractivity contribution in [1.82, 2.24) is 9.97 Å². The van der Waals surface area contributed by atoms with Gasteiger partial charge in [0, 0.05) is 25.5 Å². The quantitative estimate of drug-likeness (QED) is 0.739. The SMILES string of the molecule is C=CCN(CCC)c1ncc(C(=O)O)cn1. The maximum atomic E-state index is 10.6. The van der Waals surface area contributed by atoms with Crippen molar-refractivity contribution in [2.45, 2.75) is 13.3 Å². The second-order valence-corrected chi connectivity index (χ2v) is 3.31. The van der Waals surface area contributed by atoms with Gasteiger partial charge in [0.2, 0.25) is 5.95 Å². The Kier molecular flexibility index (Phi) is 4.44. The van der Waals surface area contributed by atoms with Crippen LogP contribution in [0.3, 0.4) is 0 Å². The van der Waals surface area contributed by atoms with Crippen LogP contribution >= 0.6 is 0 Å². The Hall–Kier alpha value is -1.91. The molecule has 0 spiro atoms. The van der Waals surface area contributed by atoms with E-state index in [9.17, 15) is 4.79 Å². The largest absolute Gasteiger partial charge is 0.478 e. The molecule has 0 aromatic carbocycles. The second kappa shape index (κ2) is 5.85. The van der Waals surface area contributed by atoms with Crippen molar-refractivity contribution in [3.63, 3.8) is 0 Å². The fourth-order valence-corrected chi connectivity index (χ4v) is 1.29. The predicted molar refractivity (Wildman–Crippen MR) is 61.7 cm³/mol. The van der Waals surface area contributed by atoms with Crippen LogP contribution in [0.5, 0.6) is 0 Å². The molecule has 16 heavy (non-hydrogen) atoms. The Balaban J connectivity index is 2.84. The molecule has 0 saturated carbocycles. The third-order valence-corrected chi connectivity index (χ3v) is 2.01. The number of carboxylic acid groups (broad SMARTS) is 1. The first-order chi connectivity index (χ1) is 7.69. The molecule has 0 bridgehead atoms. The second-order valence-electron chi connectivity index (χ2n) is 3.31. The van der Waals surface area contributed by atoms with Crippen molar-refractivity contribution in [2.24, 2.45) is 0 Å². The molecule has 1 aromatic rings. The zero-order valence-corrected chi connectivity index (χ0v) is 9.26. The molecule has 0 aliphatic carbocycles. The Morgan fingerprint density at radius 3 is 2.62 bits per heavy atom. The van der Waals surface area contributed by atoms with Gasteiger partial charge >= 0.3 is 5.97 Å². The average molecular weight is 221 g/mol. The Bertz CT molecular complexity index is 362. The summed E-state index contributed by atoms with van der Waals surface area (Å²) in [6.07, 6.45) is 5.37. The predicted octanol–water partition coefficient (Wildman–Crippen LogP) is 1.58. The van der Waals surface area contributed by atoms with Crippen molar-refractivity contribution < 1.29 is 9.90 Å². The lowest BCUT2D eigenvalue weighted by Gasteiger charge is -2.19. The lowest BCUT2D eigenvalue weighted by atomic mass is 10.3. The molecule has 0 atom stereocenters. The van der Waals surface area contributed by atoms with Crippen molar-refractivity contribution in [1.29, 1.82) is 0 Å². The summed E-state index contributed by atoms with van der Waals surface area (Å²) in [5.74, 6) is -0.482. The fourth-order valence-electron chi connectivity index (χ4n) is 1.29. The minimum atomic E-state index is -1.02. The first kappa shape index (κ1) is 12.2. The lowest BCUT2D eigenvalue weighted by Crippen LogP contribution is -2.26. The maximum absolute atomic E-state index is 10.6. The van der Waals surface area contributed by atoms with Gasteiger partial charge in [-0.2, -0.15) is 0 Å². The molecule has 86 valence electrons. The topological polar surface area (TPSA) is 66.3 Å². The standard InChI is InChI=1S/C11H15N3O2/c1-3-5-14(6-4-2)11-12-7-9(8-13-11)10(15)16/h3,7-8H,1,4-6H2,2H3,(H,15,16). The van der Waals surface area contributed by atoms with E-state index < -0.39 is 5.97 Å². The number of aromatic carboxylic acids is 1. The molecule has 1 aromatic heterocycles. The van der Waals surface area contributed by atoms with Gasteiger partial charge in [-0.3, -0.25) is 0 Å². The smallest absolute Gasteiger partial charge is 0.338 e. The number of aromatic nitrogens is 2. The average Bonchev–Trinajstić information content (AvgIpc) is 2.29. The molecule has 5 heteroatoms. The highest BCUT2D eigenvalue weighted by Gasteiger charge is 2.08. The van der Waals surface area contributed by atoms with Crippen LogP contribution < -0.4 is 4.90 Å². The summed E-state index contributed by atoms with van der Waals surface area (Å²) in [6, 6.07) is 0. The maximum Gasteiger partial charge on any atom is 0.338 e. The molecule has 5 nitrogen and oxygen atoms in total. The summed E-state index contributed by atoms with van der Waals surface area (Å²) in [7, 11) is 0. The van der Waals surface area contributed by atoms with Gasteiger partial charge in [0.05, 0.1) is 5.56 Å². The summed E-state index contributed by atoms with van der Waals surface area (Å²) < 4.78 is 0. The summed E-state index contributed by atoms with van der Waals surface area (Å²) in [4.78, 5) is 20.6. The molecular formula is C11H15N3O2. The molecular weight excluding hydrogens is 206 g/mol. The van der Waals surface area contributed by atoms with Crippen LogP contribution in [-0.4, -0.2) is 34.1 Å². The summed E-state index contributed by atoms with van der Waals surface area (Å²) in [5, 5.41) is 8.71. The van der Waals surface area contributed by atoms with Gasteiger partial charge in [0.15, 0.2) is 0 Å². The first-order valence-electron chi connectivity index (χ1n) is 5.10. The Morgan fingerprint density at radius 2 is 2.19 bits per heavy atom. The van der Waals surface area contributed by atoms with E-state index in [0.717, 1.165) is 13.0 Å². The van der Waals surface area contributed by atoms with Gasteiger partial charge < -0.3 is 10.0 Å². The van der Waals surface area contributed by atoms with Crippen LogP contribution in [0.1, 0.15) is 23.7 Å². The van der Waals surface area contributed by atoms with E-state index >= 15 is 0 Å². The molecule has 0 aliphatic heterocycles. The number of carbonyl (C=O) groups is 1. The highest BCUT2D eigenvalue weighted by molar-refractivity contribution is 5.86. The van der Waals surface area contributed by atoms with E-state index in [-0.39, 0.29) is 5.56 Å². The van der Waals surface area contributed by atoms with Crippen LogP contribution in [-0.2, 0) is 0 Å². The van der Waals surface area contributed by atoms with Gasteiger partial charge in [-0.25, -0.2) is 14.8 Å². The molecule has 1 heterocycles. The number of hydrogen-bond acceptors (Lipinski definition) is 4. The van der Waals surface area contributed by atoms with E-state index in [1.54, 1.807) is 6.08 Å². The van der Waals surface area contributed by atoms with E-state index in [4.69, 9.17) is 5.11 Å². The van der Waals surface area contributed by atoms with Crippen LogP contribution in [0, 0.1) is 0 Å². The number of nitrogens with zero attached hydrogens (tertiary/aromatic N) is 3. The van der Waals surface area contributed by atoms with Gasteiger partial charge in [-0.15, -0.1) is 6.58 Å². The van der Waals surface area contributed by atoms with E-state index in [2.05, 4.69) is 23.5 Å². The van der Waals surface area contributed by atoms with Gasteiger partial charge in [0.25, 0.3) is 0 Å². The number of rotatable bonds is 6. The molecule has 0 aliphatic rings. The summed E-state index contributed by atoms with van der Waals surface area (Å²) >= 11 is 0. The minimum Gasteiger partial charge on any atom is -0.478 e. The summed E-state index contributed by atoms with van der Waals surface area (Å²) in [6.45, 7) is 7.19. The lowest BCUT2D eigenvalue weighted by molar-refractivity contribution is 0.0696. The molecule has 0 saturated heterocycles. The Morgan fingerprint density at radius 1 is 1.56 bits per heavy atom. The van der Waals surface area contributed by atoms with Crippen LogP contribution in [0.25, 0.3) is 0 Å². The van der Waals surface area contributed by atoms with E-state index in [1.807, 2.05) is 4.90 Å². The zero-order valence-electron chi connectivity index (χ0n) is 9.26. The number of carboxylic acids is 1. The minimum absolute atomic E-state index is 0.0961. The summed E-state index contributed by atoms with van der Waals surface area (Å²) in [5.41, 5.74) is 0.0961. The van der Waals surface area contributed by atoms with Gasteiger partial charge in [0.1, 0.15) is 0 Å². The Labute approximate surface area is 94.5 Å². The number of hydrogen-bond donors (Lipinski definition) is 1. The molecule has 0 unspecified atom stereocenters. The van der Waals surface area contributed by atoms with Gasteiger partial charge in [-0.1, -0.05) is 13.0 Å². The molecule has 1 N–H and O–H groups in total. The molecule has 0 fully saturated rings. The molecule has 1 rings (SSSR count). The normalized spacial score (nSPS) is 9.81. The first-order valence-corrected chi connectivity index (χ1v) is 5.10. The molecule has 0 amide bonds. The highest BCUT2D eigenvalue weighted by Crippen LogP contribution is 2.07. The van der Waals surface area contributed by atoms with Gasteiger partial charge in [-0.05, 0) is 6.42 Å². The zero-order chi connectivity index (χ0) is 12.0. The highest BCUT2D eigenvalue weighted by atomic mass is 16.4. The van der Waals surface area contributed by atoms with E-state index in [1.165, 1.54) is 12.4 Å². The van der Waals surface area contributed by atoms with E-state index in [0.29, 0.717) is 12.5 Å². The third kappa shape index (κ3) is 3.05. The van der Waals surface area contributed by atoms with Crippen molar-refractivity contribution >= 4 is 11.9 Å². The number of anilines is 1. The monoisotopic (exact) mass is 221 g/mol. The molecule has 0 radical (unpaired) electrons. The van der Waals surface area contributed by atoms with Crippen molar-refractivity contribution in [3.05, 3.63) is 30.6 Å². The van der Waals surface area contributed by atoms with Crippen LogP contribution in [0.15, 0.2) is 25.0 Å². The van der Waals surface area contributed by atoms with Crippen LogP contribution in [0.4, 0.5) is 5.95 Å². The van der Waals surface area contributed by atoms with Crippen LogP contribution in [0.2, 0.25) is 0 Å².